The van der Waals surface area contributed by atoms with Crippen molar-refractivity contribution in [3.63, 3.8) is 0 Å². The Morgan fingerprint density at radius 3 is 1.92 bits per heavy atom. The van der Waals surface area contributed by atoms with Crippen molar-refractivity contribution in [2.75, 3.05) is 18.6 Å². The van der Waals surface area contributed by atoms with E-state index in [1.807, 2.05) is 13.8 Å². The third kappa shape index (κ3) is 11.6. The molecule has 0 radical (unpaired) electrons. The van der Waals surface area contributed by atoms with E-state index in [1.165, 1.54) is 7.11 Å². The van der Waals surface area contributed by atoms with Gasteiger partial charge in [0.25, 0.3) is 0 Å². The number of alkyl halides is 9. The molecule has 0 aliphatic heterocycles. The number of methoxy groups -OCH3 is 1. The summed E-state index contributed by atoms with van der Waals surface area (Å²) in [5.74, 6) is -1.41. The van der Waals surface area contributed by atoms with Crippen LogP contribution in [-0.4, -0.2) is 29.7 Å². The Balaban J connectivity index is 0.00000756. The SMILES string of the molecule is COc1ccc(C(C)C)cc1-c1c(Cl)cc(C(F)(F)F)cc1CN(Cc1cc(C(F)(F)F)cc(C(F)(F)F)c1)c1ncc(OCCCC(=O)[O-])cn1.[Na+]. The normalized spacial score (nSPS) is 12.0. The van der Waals surface area contributed by atoms with Gasteiger partial charge < -0.3 is 24.3 Å². The molecule has 3 aromatic carbocycles. The molecule has 4 rings (SSSR count). The number of hydrogen-bond donors (Lipinski definition) is 0. The number of anilines is 1. The van der Waals surface area contributed by atoms with Crippen molar-refractivity contribution < 1.29 is 88.4 Å². The van der Waals surface area contributed by atoms with E-state index in [-0.39, 0.29) is 100 Å². The van der Waals surface area contributed by atoms with E-state index in [0.29, 0.717) is 18.2 Å². The van der Waals surface area contributed by atoms with Crippen molar-refractivity contribution >= 4 is 23.5 Å². The molecule has 7 nitrogen and oxygen atoms in total. The monoisotopic (exact) mass is 785 g/mol. The summed E-state index contributed by atoms with van der Waals surface area (Å²) >= 11 is 6.56. The molecule has 0 aliphatic rings. The summed E-state index contributed by atoms with van der Waals surface area (Å²) in [5.41, 5.74) is -3.91. The summed E-state index contributed by atoms with van der Waals surface area (Å²) in [6.07, 6.45) is -13.3. The molecule has 0 fully saturated rings. The van der Waals surface area contributed by atoms with Crippen molar-refractivity contribution in [3.8, 4) is 22.6 Å². The van der Waals surface area contributed by atoms with Crippen LogP contribution in [0, 0.1) is 0 Å². The molecule has 53 heavy (non-hydrogen) atoms. The van der Waals surface area contributed by atoms with Crippen LogP contribution in [-0.2, 0) is 36.4 Å². The fraction of sp³-hybridized carbons (Fsp3) is 0.343. The smallest absolute Gasteiger partial charge is 0.550 e. The van der Waals surface area contributed by atoms with Crippen molar-refractivity contribution in [3.05, 3.63) is 99.3 Å². The van der Waals surface area contributed by atoms with Crippen LogP contribution in [0.2, 0.25) is 5.02 Å². The zero-order chi connectivity index (χ0) is 38.6. The number of ether oxygens (including phenoxy) is 2. The first kappa shape index (κ1) is 43.7. The van der Waals surface area contributed by atoms with Gasteiger partial charge in [0.1, 0.15) is 5.75 Å². The summed E-state index contributed by atoms with van der Waals surface area (Å²) in [6, 6.07) is 7.43. The van der Waals surface area contributed by atoms with Crippen molar-refractivity contribution in [2.24, 2.45) is 0 Å². The van der Waals surface area contributed by atoms with Gasteiger partial charge in [-0.15, -0.1) is 0 Å². The number of carboxylic acids is 1. The Morgan fingerprint density at radius 1 is 0.849 bits per heavy atom. The molecule has 0 N–H and O–H groups in total. The van der Waals surface area contributed by atoms with E-state index in [9.17, 15) is 49.4 Å². The van der Waals surface area contributed by atoms with Crippen LogP contribution in [0.3, 0.4) is 0 Å². The van der Waals surface area contributed by atoms with Crippen LogP contribution in [0.25, 0.3) is 11.1 Å². The van der Waals surface area contributed by atoms with Gasteiger partial charge in [0.15, 0.2) is 5.75 Å². The molecule has 280 valence electrons. The van der Waals surface area contributed by atoms with E-state index in [4.69, 9.17) is 21.1 Å². The van der Waals surface area contributed by atoms with Crippen LogP contribution >= 0.6 is 11.6 Å². The maximum atomic E-state index is 14.1. The first-order valence-electron chi connectivity index (χ1n) is 15.4. The van der Waals surface area contributed by atoms with Gasteiger partial charge in [0.05, 0.1) is 42.8 Å². The van der Waals surface area contributed by atoms with E-state index < -0.39 is 59.8 Å². The number of hydrogen-bond acceptors (Lipinski definition) is 7. The quantitative estimate of drug-likeness (QED) is 0.0920. The second-order valence-electron chi connectivity index (χ2n) is 11.9. The molecule has 0 saturated carbocycles. The molecular formula is C35H30ClF9N3NaO4. The van der Waals surface area contributed by atoms with E-state index in [0.717, 1.165) is 28.9 Å². The number of carbonyl (C=O) groups is 1. The number of benzene rings is 3. The zero-order valence-electron chi connectivity index (χ0n) is 28.6. The Bertz CT molecular complexity index is 1860. The second kappa shape index (κ2) is 17.6. The standard InChI is InChI=1S/C35H31ClF9N3O4.Na/c1-19(2)21-6-7-29(51-3)27(12-21)31-22(11-25(14-28(31)36)35(43,44)45)18-48(32-46-15-26(16-47-32)52-8-4-5-30(49)50)17-20-9-23(33(37,38)39)13-24(10-20)34(40,41)42;/h6-7,9-16,19H,4-5,8,17-18H2,1-3H3,(H,49,50);/q;+1/p-1. The minimum atomic E-state index is -5.17. The van der Waals surface area contributed by atoms with Crippen molar-refractivity contribution in [2.45, 2.75) is 64.2 Å². The number of halogens is 10. The zero-order valence-corrected chi connectivity index (χ0v) is 31.4. The molecule has 0 bridgehead atoms. The summed E-state index contributed by atoms with van der Waals surface area (Å²) in [5, 5.41) is 10.3. The van der Waals surface area contributed by atoms with Gasteiger partial charge in [-0.05, 0) is 77.9 Å². The van der Waals surface area contributed by atoms with Gasteiger partial charge in [-0.3, -0.25) is 0 Å². The number of aliphatic carboxylic acids is 1. The molecule has 0 unspecified atom stereocenters. The number of nitrogens with zero attached hydrogens (tertiary/aromatic N) is 3. The molecule has 18 heteroatoms. The van der Waals surface area contributed by atoms with E-state index in [1.54, 1.807) is 18.2 Å². The van der Waals surface area contributed by atoms with Gasteiger partial charge in [-0.25, -0.2) is 9.97 Å². The Morgan fingerprint density at radius 2 is 1.42 bits per heavy atom. The fourth-order valence-electron chi connectivity index (χ4n) is 5.22. The third-order valence-corrected chi connectivity index (χ3v) is 8.03. The number of aromatic nitrogens is 2. The minimum absolute atomic E-state index is 0. The first-order chi connectivity index (χ1) is 24.2. The van der Waals surface area contributed by atoms with Crippen LogP contribution < -0.4 is 49.0 Å². The summed E-state index contributed by atoms with van der Waals surface area (Å²) < 4.78 is 136. The van der Waals surface area contributed by atoms with Crippen LogP contribution in [0.1, 0.15) is 66.0 Å². The van der Waals surface area contributed by atoms with Crippen LogP contribution in [0.4, 0.5) is 45.5 Å². The summed E-state index contributed by atoms with van der Waals surface area (Å²) in [6.45, 7) is 2.32. The van der Waals surface area contributed by atoms with Gasteiger partial charge in [0.2, 0.25) is 5.95 Å². The van der Waals surface area contributed by atoms with Crippen LogP contribution in [0.5, 0.6) is 11.5 Å². The molecule has 0 atom stereocenters. The van der Waals surface area contributed by atoms with Gasteiger partial charge in [-0.1, -0.05) is 31.5 Å². The van der Waals surface area contributed by atoms with Gasteiger partial charge in [0, 0.05) is 35.2 Å². The Hall–Kier alpha value is -3.73. The maximum Gasteiger partial charge on any atom is 1.00 e. The van der Waals surface area contributed by atoms with E-state index in [2.05, 4.69) is 9.97 Å². The Kier molecular flexibility index (Phi) is 14.5. The maximum absolute atomic E-state index is 14.1. The van der Waals surface area contributed by atoms with Gasteiger partial charge >= 0.3 is 48.1 Å². The predicted molar refractivity (Wildman–Crippen MR) is 171 cm³/mol. The number of carboxylic acid groups (broad SMARTS) is 1. The van der Waals surface area contributed by atoms with Crippen LogP contribution in [0.15, 0.2) is 60.9 Å². The third-order valence-electron chi connectivity index (χ3n) is 7.73. The van der Waals surface area contributed by atoms with Crippen molar-refractivity contribution in [1.82, 2.24) is 9.97 Å². The average molecular weight is 786 g/mol. The fourth-order valence-corrected chi connectivity index (χ4v) is 5.56. The number of carbonyl (C=O) groups excluding carboxylic acids is 1. The Labute approximate surface area is 325 Å². The molecule has 0 amide bonds. The predicted octanol–water partition coefficient (Wildman–Crippen LogP) is 6.11. The number of rotatable bonds is 13. The largest absolute Gasteiger partial charge is 1.00 e. The minimum Gasteiger partial charge on any atom is -0.550 e. The van der Waals surface area contributed by atoms with Gasteiger partial charge in [-0.2, -0.15) is 39.5 Å². The molecule has 0 aliphatic carbocycles. The van der Waals surface area contributed by atoms with E-state index >= 15 is 0 Å². The molecule has 4 aromatic rings. The molecule has 0 spiro atoms. The average Bonchev–Trinajstić information content (AvgIpc) is 3.05. The molecule has 1 heterocycles. The topological polar surface area (TPSA) is 87.6 Å². The summed E-state index contributed by atoms with van der Waals surface area (Å²) in [4.78, 5) is 20.0. The molecular weight excluding hydrogens is 756 g/mol. The molecule has 0 saturated heterocycles. The van der Waals surface area contributed by atoms with Crippen molar-refractivity contribution in [1.29, 1.82) is 0 Å². The second-order valence-corrected chi connectivity index (χ2v) is 12.3. The first-order valence-corrected chi connectivity index (χ1v) is 15.8. The molecule has 1 aromatic heterocycles. The summed E-state index contributed by atoms with van der Waals surface area (Å²) in [7, 11) is 1.33.